The first kappa shape index (κ1) is 69.6. The SMILES string of the molecule is CC1(C)SCN(Oc2cccnc2)[C@@H]1C(=O)N[C@@H](Cc1ccc(CC(=O)N2CCN(C(=O)CCCCOCC(=O)N3CCN(C(=O)Oc4ccc(C[C@H](NC(=O)[C@H]5N(Oc6cccnc6)CSC5(C)C)C(=O)O)cc4)CC3)CC2)cc1)C(=O)O.O=S.O=S. The van der Waals surface area contributed by atoms with Gasteiger partial charge >= 0.3 is 18.0 Å². The van der Waals surface area contributed by atoms with Gasteiger partial charge in [0.25, 0.3) is 0 Å². The molecule has 0 aliphatic carbocycles. The Kier molecular flexibility index (Phi) is 26.7. The van der Waals surface area contributed by atoms with Gasteiger partial charge in [-0.2, -0.15) is 8.42 Å². The number of thioether (sulfide) groups is 2. The highest BCUT2D eigenvalue weighted by atomic mass is 32.2. The van der Waals surface area contributed by atoms with Crippen molar-refractivity contribution in [1.82, 2.24) is 50.3 Å². The van der Waals surface area contributed by atoms with E-state index in [1.54, 1.807) is 105 Å². The van der Waals surface area contributed by atoms with Gasteiger partial charge in [-0.1, -0.05) is 36.4 Å². The number of pyridine rings is 2. The number of aliphatic carboxylic acids is 2. The number of carbonyl (C=O) groups excluding carboxylic acids is 6. The molecule has 8 rings (SSSR count). The van der Waals surface area contributed by atoms with Crippen molar-refractivity contribution in [3.8, 4) is 17.2 Å². The normalized spacial score (nSPS) is 18.6. The lowest BCUT2D eigenvalue weighted by Gasteiger charge is -2.35. The van der Waals surface area contributed by atoms with Crippen molar-refractivity contribution in [1.29, 1.82) is 0 Å². The van der Waals surface area contributed by atoms with Crippen molar-refractivity contribution in [3.05, 3.63) is 114 Å². The summed E-state index contributed by atoms with van der Waals surface area (Å²) in [5.41, 5.74) is 2.02. The van der Waals surface area contributed by atoms with Crippen LogP contribution in [-0.4, -0.2) is 217 Å². The van der Waals surface area contributed by atoms with Gasteiger partial charge < -0.3 is 59.6 Å². The number of amides is 6. The maximum Gasteiger partial charge on any atom is 0.415 e. The fraction of sp³-hybridized carbons (Fsp3) is 0.483. The zero-order chi connectivity index (χ0) is 64.0. The Morgan fingerprint density at radius 2 is 0.989 bits per heavy atom. The van der Waals surface area contributed by atoms with Gasteiger partial charge in [0.2, 0.25) is 29.5 Å². The number of hydrogen-bond donors (Lipinski definition) is 4. The largest absolute Gasteiger partial charge is 0.480 e. The third-order valence-electron chi connectivity index (χ3n) is 14.9. The summed E-state index contributed by atoms with van der Waals surface area (Å²) in [6.07, 6.45) is 7.27. The van der Waals surface area contributed by atoms with E-state index in [1.807, 2.05) is 27.7 Å². The summed E-state index contributed by atoms with van der Waals surface area (Å²) in [6, 6.07) is 16.3. The lowest BCUT2D eigenvalue weighted by atomic mass is 10.00. The van der Waals surface area contributed by atoms with Crippen LogP contribution < -0.4 is 25.0 Å². The van der Waals surface area contributed by atoms with Crippen LogP contribution in [0.4, 0.5) is 4.79 Å². The molecule has 0 saturated carbocycles. The minimum atomic E-state index is -1.24. The molecule has 4 saturated heterocycles. The van der Waals surface area contributed by atoms with E-state index < -0.39 is 63.5 Å². The van der Waals surface area contributed by atoms with Gasteiger partial charge in [-0.15, -0.1) is 33.7 Å². The van der Waals surface area contributed by atoms with E-state index in [0.717, 1.165) is 5.56 Å². The molecule has 4 aliphatic rings. The Hall–Kier alpha value is -7.48. The molecule has 4 atom stereocenters. The maximum absolute atomic E-state index is 13.6. The average molecular weight is 1290 g/mol. The van der Waals surface area contributed by atoms with Gasteiger partial charge in [0.05, 0.1) is 30.6 Å². The summed E-state index contributed by atoms with van der Waals surface area (Å²) in [5, 5.41) is 28.6. The summed E-state index contributed by atoms with van der Waals surface area (Å²) in [5.74, 6) is -1.72. The molecule has 2 aromatic carbocycles. The Bertz CT molecular complexity index is 2780. The van der Waals surface area contributed by atoms with Crippen LogP contribution in [0.3, 0.4) is 0 Å². The number of hydrogen-bond acceptors (Lipinski definition) is 22. The minimum absolute atomic E-state index is 0.0182. The number of nitrogens with one attached hydrogen (secondary N) is 2. The average Bonchev–Trinajstić information content (AvgIpc) is 3.12. The number of nitrogens with zero attached hydrogens (tertiary/aromatic N) is 8. The summed E-state index contributed by atoms with van der Waals surface area (Å²) in [7, 11) is 0. The zero-order valence-electron chi connectivity index (χ0n) is 49.1. The van der Waals surface area contributed by atoms with Crippen LogP contribution in [0.2, 0.25) is 0 Å². The quantitative estimate of drug-likeness (QED) is 0.0733. The Morgan fingerprint density at radius 1 is 0.568 bits per heavy atom. The molecular formula is C58H72N10O16S4. The number of ether oxygens (including phenoxy) is 2. The van der Waals surface area contributed by atoms with E-state index in [1.165, 1.54) is 45.9 Å². The standard InChI is InChI=1S/C58H72N10O14S2.2OS/c1-57(2)50(67(37-83-57)81-43-9-7-20-59-34-43)52(72)61-45(54(74)75)31-39-12-14-41(15-13-39)33-48(70)64-24-22-63(23-25-64)47(69)11-5-6-30-79-36-49(71)65-26-28-66(29-27-65)56(78)80-42-18-16-40(17-19-42)32-46(55(76)77)62-53(73)51-58(3,4)84-38-68(51)82-44-10-8-21-60-35-44;2*1-2/h7-10,12-21,34-35,45-46,50-51H,5-6,11,22-33,36-38H2,1-4H3,(H,61,72)(H,62,73)(H,74,75)(H,76,77);;/t45-,46-,50+,51+;;/m0../s1. The van der Waals surface area contributed by atoms with Crippen molar-refractivity contribution >= 4 is 96.2 Å². The minimum Gasteiger partial charge on any atom is -0.480 e. The number of rotatable bonds is 24. The number of hydroxylamine groups is 4. The molecular weight excluding hydrogens is 1220 g/mol. The Morgan fingerprint density at radius 3 is 1.43 bits per heavy atom. The zero-order valence-corrected chi connectivity index (χ0v) is 52.4. The molecule has 4 N–H and O–H groups in total. The summed E-state index contributed by atoms with van der Waals surface area (Å²) in [4.78, 5) is 131. The molecule has 6 amide bonds. The Balaban J connectivity index is 0.00000303. The van der Waals surface area contributed by atoms with Crippen LogP contribution in [0.15, 0.2) is 97.6 Å². The second-order valence-corrected chi connectivity index (χ2v) is 25.0. The Labute approximate surface area is 528 Å². The van der Waals surface area contributed by atoms with E-state index in [-0.39, 0.29) is 82.1 Å². The first-order chi connectivity index (χ1) is 42.2. The number of unbranched alkanes of at least 4 members (excludes halogenated alkanes) is 1. The smallest absolute Gasteiger partial charge is 0.415 e. The van der Waals surface area contributed by atoms with Gasteiger partial charge in [-0.25, -0.2) is 14.4 Å². The summed E-state index contributed by atoms with van der Waals surface area (Å²) in [6.45, 7) is 10.4. The molecule has 4 fully saturated rings. The topological polar surface area (TPSA) is 317 Å². The fourth-order valence-electron chi connectivity index (χ4n) is 10.1. The summed E-state index contributed by atoms with van der Waals surface area (Å²) >= 11 is 8.70. The molecule has 0 bridgehead atoms. The number of benzene rings is 2. The van der Waals surface area contributed by atoms with Crippen LogP contribution in [-0.2, 0) is 82.6 Å². The van der Waals surface area contributed by atoms with Gasteiger partial charge in [-0.3, -0.25) is 33.9 Å². The maximum atomic E-state index is 13.6. The molecule has 2 aromatic heterocycles. The molecule has 474 valence electrons. The lowest BCUT2D eigenvalue weighted by molar-refractivity contribution is -0.148. The molecule has 88 heavy (non-hydrogen) atoms. The number of carbonyl (C=O) groups is 8. The van der Waals surface area contributed by atoms with Crippen molar-refractivity contribution in [2.24, 2.45) is 0 Å². The first-order valence-corrected chi connectivity index (χ1v) is 30.8. The van der Waals surface area contributed by atoms with Gasteiger partial charge in [-0.05, 0) is 93.6 Å². The van der Waals surface area contributed by atoms with E-state index in [9.17, 15) is 48.6 Å². The second kappa shape index (κ2) is 33.8. The van der Waals surface area contributed by atoms with Gasteiger partial charge in [0.15, 0.2) is 36.6 Å². The van der Waals surface area contributed by atoms with E-state index >= 15 is 0 Å². The van der Waals surface area contributed by atoms with Gasteiger partial charge in [0, 0.05) is 100 Å². The van der Waals surface area contributed by atoms with E-state index in [4.69, 9.17) is 27.6 Å². The molecule has 4 aromatic rings. The van der Waals surface area contributed by atoms with E-state index in [0.29, 0.717) is 79.8 Å². The van der Waals surface area contributed by atoms with Crippen LogP contribution in [0.1, 0.15) is 63.6 Å². The number of aromatic nitrogens is 2. The van der Waals surface area contributed by atoms with Crippen molar-refractivity contribution < 1.29 is 76.1 Å². The fourth-order valence-corrected chi connectivity index (χ4v) is 12.2. The van der Waals surface area contributed by atoms with Gasteiger partial charge in [0.1, 0.15) is 36.5 Å². The molecule has 30 heteroatoms. The number of carboxylic acids is 2. The number of piperazine rings is 2. The molecule has 4 aliphatic heterocycles. The predicted molar refractivity (Wildman–Crippen MR) is 325 cm³/mol. The van der Waals surface area contributed by atoms with E-state index in [2.05, 4.69) is 45.7 Å². The highest BCUT2D eigenvalue weighted by molar-refractivity contribution is 8.01. The van der Waals surface area contributed by atoms with Crippen LogP contribution in [0.25, 0.3) is 0 Å². The summed E-state index contributed by atoms with van der Waals surface area (Å²) < 4.78 is 25.8. The molecule has 6 heterocycles. The lowest BCUT2D eigenvalue weighted by Crippen LogP contribution is -2.56. The third kappa shape index (κ3) is 20.0. The third-order valence-corrected chi connectivity index (χ3v) is 17.6. The molecule has 0 unspecified atom stereocenters. The van der Waals surface area contributed by atoms with Crippen molar-refractivity contribution in [2.75, 3.05) is 77.3 Å². The molecule has 0 radical (unpaired) electrons. The van der Waals surface area contributed by atoms with Crippen molar-refractivity contribution in [2.45, 2.75) is 99.9 Å². The van der Waals surface area contributed by atoms with Crippen molar-refractivity contribution in [3.63, 3.8) is 0 Å². The van der Waals surface area contributed by atoms with Crippen LogP contribution in [0.5, 0.6) is 17.2 Å². The predicted octanol–water partition coefficient (Wildman–Crippen LogP) is 3.07. The van der Waals surface area contributed by atoms with Crippen LogP contribution >= 0.6 is 23.5 Å². The second-order valence-electron chi connectivity index (χ2n) is 21.8. The highest BCUT2D eigenvalue weighted by Crippen LogP contribution is 2.41. The highest BCUT2D eigenvalue weighted by Gasteiger charge is 2.50. The number of carboxylic acid groups (broad SMARTS) is 2. The first-order valence-electron chi connectivity index (χ1n) is 28.1. The monoisotopic (exact) mass is 1290 g/mol. The molecule has 26 nitrogen and oxygen atoms in total. The van der Waals surface area contributed by atoms with Crippen LogP contribution in [0, 0.1) is 0 Å². The molecule has 0 spiro atoms.